The number of hydrogen-bond donors (Lipinski definition) is 4. The lowest BCUT2D eigenvalue weighted by Gasteiger charge is -2.17. The summed E-state index contributed by atoms with van der Waals surface area (Å²) in [6.45, 7) is -0.608. The summed E-state index contributed by atoms with van der Waals surface area (Å²) in [4.78, 5) is 9.89. The molecular weight excluding hydrogens is 138 g/mol. The van der Waals surface area contributed by atoms with Crippen LogP contribution in [-0.2, 0) is 4.79 Å². The third-order valence-electron chi connectivity index (χ3n) is 1.13. The van der Waals surface area contributed by atoms with Gasteiger partial charge in [-0.2, -0.15) is 0 Å². The summed E-state index contributed by atoms with van der Waals surface area (Å²) in [5, 5.41) is 25.8. The standard InChI is InChI=1S/C5H11NO4/c6-3(1-7)5(10)4(9)2-8/h1,3-5,8-10H,2,6H2/t3-,4+,5+/m1/s1. The highest BCUT2D eigenvalue weighted by Gasteiger charge is 2.21. The van der Waals surface area contributed by atoms with Crippen LogP contribution in [0.3, 0.4) is 0 Å². The lowest BCUT2D eigenvalue weighted by molar-refractivity contribution is -0.114. The fourth-order valence-electron chi connectivity index (χ4n) is 0.445. The number of aliphatic hydroxyl groups is 3. The van der Waals surface area contributed by atoms with Gasteiger partial charge >= 0.3 is 0 Å². The second-order valence-corrected chi connectivity index (χ2v) is 1.95. The second kappa shape index (κ2) is 4.35. The van der Waals surface area contributed by atoms with E-state index in [4.69, 9.17) is 21.1 Å². The molecule has 5 N–H and O–H groups in total. The van der Waals surface area contributed by atoms with Crippen LogP contribution in [0.1, 0.15) is 0 Å². The van der Waals surface area contributed by atoms with Gasteiger partial charge in [0.15, 0.2) is 0 Å². The molecule has 0 saturated heterocycles. The SMILES string of the molecule is N[C@H](C=O)[C@H](O)[C@@H](O)CO. The number of rotatable bonds is 4. The van der Waals surface area contributed by atoms with Crippen molar-refractivity contribution in [3.63, 3.8) is 0 Å². The molecule has 0 amide bonds. The second-order valence-electron chi connectivity index (χ2n) is 1.95. The van der Waals surface area contributed by atoms with Gasteiger partial charge in [0, 0.05) is 0 Å². The summed E-state index contributed by atoms with van der Waals surface area (Å²) in [6, 6.07) is -1.14. The molecule has 0 fully saturated rings. The minimum absolute atomic E-state index is 0.309. The fourth-order valence-corrected chi connectivity index (χ4v) is 0.445. The van der Waals surface area contributed by atoms with Gasteiger partial charge < -0.3 is 25.8 Å². The molecule has 0 spiro atoms. The highest BCUT2D eigenvalue weighted by Crippen LogP contribution is 1.94. The molecule has 3 atom stereocenters. The molecule has 0 unspecified atom stereocenters. The smallest absolute Gasteiger partial charge is 0.139 e. The van der Waals surface area contributed by atoms with Gasteiger partial charge in [0.05, 0.1) is 12.6 Å². The van der Waals surface area contributed by atoms with E-state index >= 15 is 0 Å². The molecule has 0 heterocycles. The van der Waals surface area contributed by atoms with Crippen LogP contribution in [0, 0.1) is 0 Å². The minimum Gasteiger partial charge on any atom is -0.394 e. The van der Waals surface area contributed by atoms with Gasteiger partial charge in [0.2, 0.25) is 0 Å². The van der Waals surface area contributed by atoms with Crippen LogP contribution in [0.25, 0.3) is 0 Å². The summed E-state index contributed by atoms with van der Waals surface area (Å²) in [7, 11) is 0. The maximum atomic E-state index is 9.89. The summed E-state index contributed by atoms with van der Waals surface area (Å²) in [5.74, 6) is 0. The lowest BCUT2D eigenvalue weighted by Crippen LogP contribution is -2.45. The normalized spacial score (nSPS) is 19.6. The number of aldehydes is 1. The first kappa shape index (κ1) is 9.51. The average molecular weight is 149 g/mol. The number of carbonyl (C=O) groups excluding carboxylic acids is 1. The maximum absolute atomic E-state index is 9.89. The van der Waals surface area contributed by atoms with Gasteiger partial charge in [-0.3, -0.25) is 0 Å². The van der Waals surface area contributed by atoms with Crippen molar-refractivity contribution in [2.24, 2.45) is 5.73 Å². The molecular formula is C5H11NO4. The van der Waals surface area contributed by atoms with E-state index in [-0.39, 0.29) is 0 Å². The van der Waals surface area contributed by atoms with Crippen molar-refractivity contribution in [1.29, 1.82) is 0 Å². The molecule has 0 aromatic heterocycles. The number of carbonyl (C=O) groups is 1. The third-order valence-corrected chi connectivity index (χ3v) is 1.13. The third kappa shape index (κ3) is 2.40. The van der Waals surface area contributed by atoms with Crippen molar-refractivity contribution in [2.75, 3.05) is 6.61 Å². The quantitative estimate of drug-likeness (QED) is 0.324. The Kier molecular flexibility index (Phi) is 4.13. The first-order chi connectivity index (χ1) is 4.63. The molecule has 0 rings (SSSR count). The van der Waals surface area contributed by atoms with Gasteiger partial charge in [0.1, 0.15) is 18.5 Å². The molecule has 0 aliphatic heterocycles. The Morgan fingerprint density at radius 3 is 2.30 bits per heavy atom. The van der Waals surface area contributed by atoms with Crippen LogP contribution in [0.15, 0.2) is 0 Å². The zero-order chi connectivity index (χ0) is 8.15. The molecule has 10 heavy (non-hydrogen) atoms. The van der Waals surface area contributed by atoms with Crippen molar-refractivity contribution in [2.45, 2.75) is 18.2 Å². The van der Waals surface area contributed by atoms with E-state index < -0.39 is 24.9 Å². The molecule has 5 heteroatoms. The van der Waals surface area contributed by atoms with Crippen LogP contribution in [0.4, 0.5) is 0 Å². The van der Waals surface area contributed by atoms with Crippen molar-refractivity contribution >= 4 is 6.29 Å². The molecule has 0 aromatic rings. The molecule has 0 saturated carbocycles. The minimum atomic E-state index is -1.39. The largest absolute Gasteiger partial charge is 0.394 e. The Morgan fingerprint density at radius 1 is 1.50 bits per heavy atom. The molecule has 0 aromatic carbocycles. The Balaban J connectivity index is 3.80. The Hall–Kier alpha value is -0.490. The monoisotopic (exact) mass is 149 g/mol. The fraction of sp³-hybridized carbons (Fsp3) is 0.800. The average Bonchev–Trinajstić information content (AvgIpc) is 2.00. The van der Waals surface area contributed by atoms with Gasteiger partial charge in [-0.15, -0.1) is 0 Å². The zero-order valence-electron chi connectivity index (χ0n) is 5.34. The number of aliphatic hydroxyl groups excluding tert-OH is 3. The van der Waals surface area contributed by atoms with Crippen molar-refractivity contribution in [3.05, 3.63) is 0 Å². The molecule has 0 radical (unpaired) electrons. The summed E-state index contributed by atoms with van der Waals surface area (Å²) >= 11 is 0. The van der Waals surface area contributed by atoms with Crippen molar-refractivity contribution < 1.29 is 20.1 Å². The van der Waals surface area contributed by atoms with E-state index in [1.807, 2.05) is 0 Å². The van der Waals surface area contributed by atoms with Crippen LogP contribution >= 0.6 is 0 Å². The topological polar surface area (TPSA) is 104 Å². The van der Waals surface area contributed by atoms with Crippen LogP contribution < -0.4 is 5.73 Å². The van der Waals surface area contributed by atoms with Crippen LogP contribution in [0.2, 0.25) is 0 Å². The maximum Gasteiger partial charge on any atom is 0.139 e. The summed E-state index contributed by atoms with van der Waals surface area (Å²) in [6.07, 6.45) is -2.42. The van der Waals surface area contributed by atoms with Gasteiger partial charge in [0.25, 0.3) is 0 Å². The summed E-state index contributed by atoms with van der Waals surface area (Å²) < 4.78 is 0. The number of hydrogen-bond acceptors (Lipinski definition) is 5. The number of nitrogens with two attached hydrogens (primary N) is 1. The molecule has 60 valence electrons. The van der Waals surface area contributed by atoms with Crippen LogP contribution in [0.5, 0.6) is 0 Å². The van der Waals surface area contributed by atoms with Gasteiger partial charge in [-0.05, 0) is 0 Å². The molecule has 0 bridgehead atoms. The zero-order valence-corrected chi connectivity index (χ0v) is 5.34. The molecule has 0 aliphatic carbocycles. The van der Waals surface area contributed by atoms with Gasteiger partial charge in [-0.1, -0.05) is 0 Å². The highest BCUT2D eigenvalue weighted by atomic mass is 16.4. The predicted octanol–water partition coefficient (Wildman–Crippen LogP) is -2.77. The first-order valence-corrected chi connectivity index (χ1v) is 2.81. The van der Waals surface area contributed by atoms with Crippen LogP contribution in [-0.4, -0.2) is 46.5 Å². The van der Waals surface area contributed by atoms with E-state index in [2.05, 4.69) is 0 Å². The Morgan fingerprint density at radius 2 is 2.00 bits per heavy atom. The summed E-state index contributed by atoms with van der Waals surface area (Å²) in [5.41, 5.74) is 5.00. The van der Waals surface area contributed by atoms with E-state index in [0.29, 0.717) is 6.29 Å². The Labute approximate surface area is 58.1 Å². The van der Waals surface area contributed by atoms with Crippen molar-refractivity contribution in [3.8, 4) is 0 Å². The van der Waals surface area contributed by atoms with Crippen molar-refractivity contribution in [1.82, 2.24) is 0 Å². The van der Waals surface area contributed by atoms with E-state index in [1.54, 1.807) is 0 Å². The van der Waals surface area contributed by atoms with Gasteiger partial charge in [-0.25, -0.2) is 0 Å². The molecule has 0 aliphatic rings. The first-order valence-electron chi connectivity index (χ1n) is 2.81. The lowest BCUT2D eigenvalue weighted by atomic mass is 10.1. The van der Waals surface area contributed by atoms with E-state index in [1.165, 1.54) is 0 Å². The highest BCUT2D eigenvalue weighted by molar-refractivity contribution is 5.58. The van der Waals surface area contributed by atoms with E-state index in [0.717, 1.165) is 0 Å². The predicted molar refractivity (Wildman–Crippen MR) is 33.1 cm³/mol. The molecule has 5 nitrogen and oxygen atoms in total. The Bertz CT molecular complexity index is 108. The van der Waals surface area contributed by atoms with E-state index in [9.17, 15) is 4.79 Å².